The van der Waals surface area contributed by atoms with Gasteiger partial charge in [0.15, 0.2) is 0 Å². The van der Waals surface area contributed by atoms with Crippen LogP contribution in [0.1, 0.15) is 48.0 Å². The van der Waals surface area contributed by atoms with Crippen LogP contribution in [0.5, 0.6) is 0 Å². The molecular formula is C15H21NO2. The van der Waals surface area contributed by atoms with E-state index in [-0.39, 0.29) is 12.5 Å². The Hall–Kier alpha value is -1.35. The molecule has 0 saturated heterocycles. The molecule has 0 atom stereocenters. The molecule has 1 aliphatic carbocycles. The SMILES string of the molecule is Cc1ccccc1C(=O)NC1(CO)CCCCC1. The molecule has 0 bridgehead atoms. The van der Waals surface area contributed by atoms with Gasteiger partial charge in [0, 0.05) is 5.56 Å². The standard InChI is InChI=1S/C15H21NO2/c1-12-7-3-4-8-13(12)14(18)16-15(11-17)9-5-2-6-10-15/h3-4,7-8,17H,2,5-6,9-11H2,1H3,(H,16,18). The average molecular weight is 247 g/mol. The van der Waals surface area contributed by atoms with E-state index in [2.05, 4.69) is 5.32 Å². The van der Waals surface area contributed by atoms with Gasteiger partial charge >= 0.3 is 0 Å². The molecule has 1 saturated carbocycles. The fourth-order valence-electron chi connectivity index (χ4n) is 2.69. The summed E-state index contributed by atoms with van der Waals surface area (Å²) >= 11 is 0. The largest absolute Gasteiger partial charge is 0.394 e. The number of amides is 1. The monoisotopic (exact) mass is 247 g/mol. The van der Waals surface area contributed by atoms with Crippen molar-refractivity contribution in [3.05, 3.63) is 35.4 Å². The van der Waals surface area contributed by atoms with Crippen LogP contribution >= 0.6 is 0 Å². The Morgan fingerprint density at radius 3 is 2.56 bits per heavy atom. The van der Waals surface area contributed by atoms with E-state index in [0.29, 0.717) is 5.56 Å². The van der Waals surface area contributed by atoms with Gasteiger partial charge in [0.05, 0.1) is 12.1 Å². The summed E-state index contributed by atoms with van der Waals surface area (Å²) in [5, 5.41) is 12.6. The Morgan fingerprint density at radius 1 is 1.28 bits per heavy atom. The van der Waals surface area contributed by atoms with Gasteiger partial charge in [0.1, 0.15) is 0 Å². The van der Waals surface area contributed by atoms with Crippen molar-refractivity contribution in [1.82, 2.24) is 5.32 Å². The predicted molar refractivity (Wildman–Crippen MR) is 71.5 cm³/mol. The Morgan fingerprint density at radius 2 is 1.94 bits per heavy atom. The second-order valence-corrected chi connectivity index (χ2v) is 5.27. The first-order valence-corrected chi connectivity index (χ1v) is 6.66. The number of hydrogen-bond acceptors (Lipinski definition) is 2. The van der Waals surface area contributed by atoms with E-state index in [1.807, 2.05) is 31.2 Å². The summed E-state index contributed by atoms with van der Waals surface area (Å²) < 4.78 is 0. The summed E-state index contributed by atoms with van der Waals surface area (Å²) in [5.74, 6) is -0.0657. The van der Waals surface area contributed by atoms with Crippen molar-refractivity contribution < 1.29 is 9.90 Å². The van der Waals surface area contributed by atoms with E-state index < -0.39 is 5.54 Å². The zero-order chi connectivity index (χ0) is 13.0. The highest BCUT2D eigenvalue weighted by Crippen LogP contribution is 2.28. The third kappa shape index (κ3) is 2.72. The third-order valence-electron chi connectivity index (χ3n) is 3.88. The minimum absolute atomic E-state index is 0.0324. The summed E-state index contributed by atoms with van der Waals surface area (Å²) in [4.78, 5) is 12.3. The highest BCUT2D eigenvalue weighted by molar-refractivity contribution is 5.96. The molecule has 1 aromatic carbocycles. The van der Waals surface area contributed by atoms with E-state index in [4.69, 9.17) is 0 Å². The molecular weight excluding hydrogens is 226 g/mol. The van der Waals surface area contributed by atoms with Crippen LogP contribution in [0.15, 0.2) is 24.3 Å². The minimum atomic E-state index is -0.405. The molecule has 0 spiro atoms. The molecule has 2 rings (SSSR count). The summed E-state index contributed by atoms with van der Waals surface area (Å²) in [6.45, 7) is 1.96. The first-order chi connectivity index (χ1) is 8.67. The van der Waals surface area contributed by atoms with E-state index in [0.717, 1.165) is 31.2 Å². The van der Waals surface area contributed by atoms with Gasteiger partial charge in [-0.3, -0.25) is 4.79 Å². The molecule has 1 fully saturated rings. The van der Waals surface area contributed by atoms with Crippen LogP contribution in [-0.2, 0) is 0 Å². The van der Waals surface area contributed by atoms with Crippen molar-refractivity contribution in [2.45, 2.75) is 44.6 Å². The lowest BCUT2D eigenvalue weighted by Gasteiger charge is -2.36. The van der Waals surface area contributed by atoms with Crippen molar-refractivity contribution in [3.63, 3.8) is 0 Å². The number of hydrogen-bond donors (Lipinski definition) is 2. The molecule has 0 radical (unpaired) electrons. The lowest BCUT2D eigenvalue weighted by Crippen LogP contribution is -2.52. The fourth-order valence-corrected chi connectivity index (χ4v) is 2.69. The first-order valence-electron chi connectivity index (χ1n) is 6.66. The number of nitrogens with one attached hydrogen (secondary N) is 1. The third-order valence-corrected chi connectivity index (χ3v) is 3.88. The van der Waals surface area contributed by atoms with Crippen LogP contribution in [0.25, 0.3) is 0 Å². The molecule has 0 aromatic heterocycles. The van der Waals surface area contributed by atoms with Gasteiger partial charge in [-0.15, -0.1) is 0 Å². The lowest BCUT2D eigenvalue weighted by molar-refractivity contribution is 0.0758. The van der Waals surface area contributed by atoms with Crippen molar-refractivity contribution in [2.24, 2.45) is 0 Å². The summed E-state index contributed by atoms with van der Waals surface area (Å²) in [5.41, 5.74) is 1.27. The molecule has 1 aliphatic rings. The number of aliphatic hydroxyl groups is 1. The number of aryl methyl sites for hydroxylation is 1. The van der Waals surface area contributed by atoms with Crippen molar-refractivity contribution in [2.75, 3.05) is 6.61 Å². The van der Waals surface area contributed by atoms with Gasteiger partial charge in [-0.2, -0.15) is 0 Å². The highest BCUT2D eigenvalue weighted by atomic mass is 16.3. The van der Waals surface area contributed by atoms with Crippen LogP contribution < -0.4 is 5.32 Å². The van der Waals surface area contributed by atoms with Gasteiger partial charge in [0.25, 0.3) is 5.91 Å². The maximum absolute atomic E-state index is 12.3. The predicted octanol–water partition coefficient (Wildman–Crippen LogP) is 2.42. The van der Waals surface area contributed by atoms with Crippen LogP contribution in [-0.4, -0.2) is 23.2 Å². The maximum atomic E-state index is 12.3. The van der Waals surface area contributed by atoms with Crippen molar-refractivity contribution in [3.8, 4) is 0 Å². The second kappa shape index (κ2) is 5.53. The molecule has 3 nitrogen and oxygen atoms in total. The van der Waals surface area contributed by atoms with Gasteiger partial charge in [-0.1, -0.05) is 37.5 Å². The molecule has 18 heavy (non-hydrogen) atoms. The van der Waals surface area contributed by atoms with Crippen LogP contribution in [0.3, 0.4) is 0 Å². The summed E-state index contributed by atoms with van der Waals surface area (Å²) in [6.07, 6.45) is 5.10. The lowest BCUT2D eigenvalue weighted by atomic mass is 9.82. The van der Waals surface area contributed by atoms with E-state index in [9.17, 15) is 9.90 Å². The minimum Gasteiger partial charge on any atom is -0.394 e. The van der Waals surface area contributed by atoms with Crippen molar-refractivity contribution in [1.29, 1.82) is 0 Å². The number of carbonyl (C=O) groups is 1. The Labute approximate surface area is 108 Å². The molecule has 2 N–H and O–H groups in total. The zero-order valence-corrected chi connectivity index (χ0v) is 10.9. The normalized spacial score (nSPS) is 18.3. The fraction of sp³-hybridized carbons (Fsp3) is 0.533. The topological polar surface area (TPSA) is 49.3 Å². The zero-order valence-electron chi connectivity index (χ0n) is 10.9. The maximum Gasteiger partial charge on any atom is 0.252 e. The van der Waals surface area contributed by atoms with E-state index >= 15 is 0 Å². The molecule has 0 unspecified atom stereocenters. The smallest absolute Gasteiger partial charge is 0.252 e. The van der Waals surface area contributed by atoms with Crippen LogP contribution in [0.2, 0.25) is 0 Å². The van der Waals surface area contributed by atoms with Gasteiger partial charge in [-0.05, 0) is 31.4 Å². The van der Waals surface area contributed by atoms with Gasteiger partial charge in [-0.25, -0.2) is 0 Å². The second-order valence-electron chi connectivity index (χ2n) is 5.27. The quantitative estimate of drug-likeness (QED) is 0.861. The number of carbonyl (C=O) groups excluding carboxylic acids is 1. The molecule has 1 aromatic rings. The number of benzene rings is 1. The summed E-state index contributed by atoms with van der Waals surface area (Å²) in [7, 11) is 0. The molecule has 0 heterocycles. The molecule has 3 heteroatoms. The Bertz CT molecular complexity index is 422. The molecule has 1 amide bonds. The number of aliphatic hydroxyl groups excluding tert-OH is 1. The molecule has 0 aliphatic heterocycles. The molecule has 98 valence electrons. The van der Waals surface area contributed by atoms with Gasteiger partial charge in [0.2, 0.25) is 0 Å². The highest BCUT2D eigenvalue weighted by Gasteiger charge is 2.33. The Balaban J connectivity index is 2.13. The first kappa shape index (κ1) is 13.1. The summed E-state index contributed by atoms with van der Waals surface area (Å²) in [6, 6.07) is 7.56. The van der Waals surface area contributed by atoms with E-state index in [1.165, 1.54) is 6.42 Å². The number of rotatable bonds is 3. The van der Waals surface area contributed by atoms with E-state index in [1.54, 1.807) is 0 Å². The van der Waals surface area contributed by atoms with Crippen LogP contribution in [0.4, 0.5) is 0 Å². The Kier molecular flexibility index (Phi) is 4.02. The van der Waals surface area contributed by atoms with Gasteiger partial charge < -0.3 is 10.4 Å². The van der Waals surface area contributed by atoms with Crippen molar-refractivity contribution >= 4 is 5.91 Å². The average Bonchev–Trinajstić information content (AvgIpc) is 2.40. The van der Waals surface area contributed by atoms with Crippen LogP contribution in [0, 0.1) is 6.92 Å².